The maximum Gasteiger partial charge on any atom is 0.408 e. The normalized spacial score (nSPS) is 13.3. The van der Waals surface area contributed by atoms with Crippen LogP contribution >= 0.6 is 0 Å². The van der Waals surface area contributed by atoms with E-state index in [-0.39, 0.29) is 11.3 Å². The SMILES string of the molecule is CNC(c1cc(OC)ccc1OC)C(F)(F)F. The lowest BCUT2D eigenvalue weighted by molar-refractivity contribution is -0.156. The van der Waals surface area contributed by atoms with Gasteiger partial charge < -0.3 is 14.8 Å². The number of methoxy groups -OCH3 is 2. The van der Waals surface area contributed by atoms with Gasteiger partial charge in [0.15, 0.2) is 0 Å². The van der Waals surface area contributed by atoms with Crippen LogP contribution in [0.1, 0.15) is 11.6 Å². The fourth-order valence-corrected chi connectivity index (χ4v) is 1.56. The molecule has 1 aromatic carbocycles. The van der Waals surface area contributed by atoms with Gasteiger partial charge in [0.05, 0.1) is 14.2 Å². The molecule has 0 heterocycles. The Bertz CT molecular complexity index is 379. The summed E-state index contributed by atoms with van der Waals surface area (Å²) in [6, 6.07) is 2.52. The summed E-state index contributed by atoms with van der Waals surface area (Å²) in [4.78, 5) is 0. The number of nitrogens with one attached hydrogen (secondary N) is 1. The van der Waals surface area contributed by atoms with E-state index in [9.17, 15) is 13.2 Å². The number of hydrogen-bond donors (Lipinski definition) is 1. The molecule has 1 atom stereocenters. The average Bonchev–Trinajstić information content (AvgIpc) is 2.28. The summed E-state index contributed by atoms with van der Waals surface area (Å²) in [6.45, 7) is 0. The Labute approximate surface area is 97.5 Å². The monoisotopic (exact) mass is 249 g/mol. The smallest absolute Gasteiger partial charge is 0.408 e. The zero-order chi connectivity index (χ0) is 13.1. The molecule has 96 valence electrons. The van der Waals surface area contributed by atoms with E-state index in [0.29, 0.717) is 5.75 Å². The molecular weight excluding hydrogens is 235 g/mol. The van der Waals surface area contributed by atoms with E-state index in [1.165, 1.54) is 33.4 Å². The predicted octanol–water partition coefficient (Wildman–Crippen LogP) is 2.53. The molecule has 1 rings (SSSR count). The number of rotatable bonds is 4. The summed E-state index contributed by atoms with van der Waals surface area (Å²) >= 11 is 0. The van der Waals surface area contributed by atoms with E-state index < -0.39 is 12.2 Å². The second kappa shape index (κ2) is 5.27. The Morgan fingerprint density at radius 2 is 1.82 bits per heavy atom. The van der Waals surface area contributed by atoms with Crippen molar-refractivity contribution in [3.63, 3.8) is 0 Å². The van der Waals surface area contributed by atoms with Crippen LogP contribution in [-0.2, 0) is 0 Å². The van der Waals surface area contributed by atoms with E-state index in [1.54, 1.807) is 6.07 Å². The first-order valence-electron chi connectivity index (χ1n) is 4.90. The molecule has 17 heavy (non-hydrogen) atoms. The number of ether oxygens (including phenoxy) is 2. The van der Waals surface area contributed by atoms with E-state index in [1.807, 2.05) is 0 Å². The fraction of sp³-hybridized carbons (Fsp3) is 0.455. The molecule has 0 aromatic heterocycles. The quantitative estimate of drug-likeness (QED) is 0.889. The summed E-state index contributed by atoms with van der Waals surface area (Å²) in [5.74, 6) is 0.521. The van der Waals surface area contributed by atoms with Crippen LogP contribution in [0.15, 0.2) is 18.2 Å². The van der Waals surface area contributed by atoms with Gasteiger partial charge in [0.2, 0.25) is 0 Å². The molecular formula is C11H14F3NO2. The molecule has 0 amide bonds. The predicted molar refractivity (Wildman–Crippen MR) is 57.4 cm³/mol. The highest BCUT2D eigenvalue weighted by Gasteiger charge is 2.41. The van der Waals surface area contributed by atoms with Gasteiger partial charge in [0.25, 0.3) is 0 Å². The molecule has 6 heteroatoms. The molecule has 0 bridgehead atoms. The van der Waals surface area contributed by atoms with Crippen molar-refractivity contribution in [1.82, 2.24) is 5.32 Å². The van der Waals surface area contributed by atoms with E-state index in [2.05, 4.69) is 5.32 Å². The van der Waals surface area contributed by atoms with Crippen molar-refractivity contribution in [3.05, 3.63) is 23.8 Å². The van der Waals surface area contributed by atoms with Crippen molar-refractivity contribution in [1.29, 1.82) is 0 Å². The van der Waals surface area contributed by atoms with Crippen LogP contribution in [0.4, 0.5) is 13.2 Å². The molecule has 0 saturated heterocycles. The summed E-state index contributed by atoms with van der Waals surface area (Å²) in [6.07, 6.45) is -4.39. The maximum atomic E-state index is 12.8. The fourth-order valence-electron chi connectivity index (χ4n) is 1.56. The van der Waals surface area contributed by atoms with Gasteiger partial charge in [-0.2, -0.15) is 13.2 Å². The third kappa shape index (κ3) is 3.03. The topological polar surface area (TPSA) is 30.5 Å². The summed E-state index contributed by atoms with van der Waals surface area (Å²) in [5, 5.41) is 2.22. The van der Waals surface area contributed by atoms with Gasteiger partial charge in [-0.3, -0.25) is 0 Å². The van der Waals surface area contributed by atoms with Gasteiger partial charge >= 0.3 is 6.18 Å². The van der Waals surface area contributed by atoms with Gasteiger partial charge in [-0.05, 0) is 25.2 Å². The first-order valence-corrected chi connectivity index (χ1v) is 4.90. The Balaban J connectivity index is 3.25. The highest BCUT2D eigenvalue weighted by atomic mass is 19.4. The Morgan fingerprint density at radius 1 is 1.18 bits per heavy atom. The molecule has 0 aliphatic carbocycles. The Kier molecular flexibility index (Phi) is 4.22. The molecule has 0 spiro atoms. The van der Waals surface area contributed by atoms with Crippen molar-refractivity contribution in [3.8, 4) is 11.5 Å². The highest BCUT2D eigenvalue weighted by molar-refractivity contribution is 5.42. The van der Waals surface area contributed by atoms with E-state index >= 15 is 0 Å². The second-order valence-corrected chi connectivity index (χ2v) is 3.37. The van der Waals surface area contributed by atoms with Crippen LogP contribution in [-0.4, -0.2) is 27.4 Å². The van der Waals surface area contributed by atoms with Gasteiger partial charge in [-0.15, -0.1) is 0 Å². The average molecular weight is 249 g/mol. The minimum atomic E-state index is -4.39. The van der Waals surface area contributed by atoms with Gasteiger partial charge in [0, 0.05) is 5.56 Å². The molecule has 0 fully saturated rings. The zero-order valence-electron chi connectivity index (χ0n) is 9.76. The first kappa shape index (κ1) is 13.6. The van der Waals surface area contributed by atoms with Crippen LogP contribution < -0.4 is 14.8 Å². The van der Waals surface area contributed by atoms with E-state index in [4.69, 9.17) is 9.47 Å². The van der Waals surface area contributed by atoms with Crippen LogP contribution in [0.25, 0.3) is 0 Å². The summed E-state index contributed by atoms with van der Waals surface area (Å²) in [5.41, 5.74) is 0.00171. The van der Waals surface area contributed by atoms with Crippen LogP contribution in [0.2, 0.25) is 0 Å². The van der Waals surface area contributed by atoms with Crippen LogP contribution in [0.5, 0.6) is 11.5 Å². The van der Waals surface area contributed by atoms with Crippen molar-refractivity contribution in [2.45, 2.75) is 12.2 Å². The van der Waals surface area contributed by atoms with Crippen molar-refractivity contribution < 1.29 is 22.6 Å². The van der Waals surface area contributed by atoms with Crippen molar-refractivity contribution in [2.75, 3.05) is 21.3 Å². The van der Waals surface area contributed by atoms with Gasteiger partial charge in [0.1, 0.15) is 17.5 Å². The van der Waals surface area contributed by atoms with E-state index in [0.717, 1.165) is 0 Å². The highest BCUT2D eigenvalue weighted by Crippen LogP contribution is 2.38. The standard InChI is InChI=1S/C11H14F3NO2/c1-15-10(11(12,13)14)8-6-7(16-2)4-5-9(8)17-3/h4-6,10,15H,1-3H3. The number of hydrogen-bond acceptors (Lipinski definition) is 3. The zero-order valence-corrected chi connectivity index (χ0v) is 9.76. The van der Waals surface area contributed by atoms with Crippen LogP contribution in [0, 0.1) is 0 Å². The summed E-state index contributed by atoms with van der Waals surface area (Å²) in [7, 11) is 3.97. The minimum absolute atomic E-state index is 0.00171. The summed E-state index contributed by atoms with van der Waals surface area (Å²) < 4.78 is 48.2. The van der Waals surface area contributed by atoms with Crippen molar-refractivity contribution in [2.24, 2.45) is 0 Å². The minimum Gasteiger partial charge on any atom is -0.497 e. The largest absolute Gasteiger partial charge is 0.497 e. The Morgan fingerprint density at radius 3 is 2.24 bits per heavy atom. The van der Waals surface area contributed by atoms with Gasteiger partial charge in [-0.25, -0.2) is 0 Å². The molecule has 0 aliphatic heterocycles. The molecule has 0 aliphatic rings. The van der Waals surface area contributed by atoms with Gasteiger partial charge in [-0.1, -0.05) is 0 Å². The third-order valence-corrected chi connectivity index (χ3v) is 2.36. The molecule has 1 N–H and O–H groups in total. The van der Waals surface area contributed by atoms with Crippen LogP contribution in [0.3, 0.4) is 0 Å². The third-order valence-electron chi connectivity index (χ3n) is 2.36. The molecule has 1 aromatic rings. The second-order valence-electron chi connectivity index (χ2n) is 3.37. The lowest BCUT2D eigenvalue weighted by Crippen LogP contribution is -2.31. The van der Waals surface area contributed by atoms with Crippen molar-refractivity contribution >= 4 is 0 Å². The lowest BCUT2D eigenvalue weighted by atomic mass is 10.0. The molecule has 1 unspecified atom stereocenters. The Hall–Kier alpha value is -1.43. The molecule has 0 radical (unpaired) electrons. The number of benzene rings is 1. The first-order chi connectivity index (χ1) is 7.93. The number of halogens is 3. The number of alkyl halides is 3. The maximum absolute atomic E-state index is 12.8. The molecule has 0 saturated carbocycles. The molecule has 3 nitrogen and oxygen atoms in total. The lowest BCUT2D eigenvalue weighted by Gasteiger charge is -2.22.